The van der Waals surface area contributed by atoms with E-state index in [4.69, 9.17) is 0 Å². The average molecular weight is 347 g/mol. The number of pyridine rings is 1. The highest BCUT2D eigenvalue weighted by molar-refractivity contribution is 9.10. The zero-order chi connectivity index (χ0) is 15.2. The summed E-state index contributed by atoms with van der Waals surface area (Å²) in [4.78, 5) is 4.28. The summed E-state index contributed by atoms with van der Waals surface area (Å²) in [5, 5.41) is 3.57. The number of hydrogen-bond acceptors (Lipinski definition) is 2. The smallest absolute Gasteiger partial charge is 0.0410 e. The zero-order valence-corrected chi connectivity index (χ0v) is 14.5. The van der Waals surface area contributed by atoms with Gasteiger partial charge in [-0.15, -0.1) is 0 Å². The van der Waals surface area contributed by atoms with Crippen LogP contribution in [-0.4, -0.2) is 17.6 Å². The van der Waals surface area contributed by atoms with Crippen molar-refractivity contribution in [3.05, 3.63) is 63.9 Å². The fraction of sp³-hybridized carbons (Fsp3) is 0.389. The number of rotatable bonds is 6. The van der Waals surface area contributed by atoms with Crippen molar-refractivity contribution in [2.75, 3.05) is 6.54 Å². The number of hydrogen-bond donors (Lipinski definition) is 1. The monoisotopic (exact) mass is 346 g/mol. The fourth-order valence-electron chi connectivity index (χ4n) is 2.46. The van der Waals surface area contributed by atoms with Crippen molar-refractivity contribution in [1.29, 1.82) is 0 Å². The van der Waals surface area contributed by atoms with Crippen LogP contribution in [0.3, 0.4) is 0 Å². The minimum Gasteiger partial charge on any atom is -0.314 e. The van der Waals surface area contributed by atoms with Crippen LogP contribution in [-0.2, 0) is 6.42 Å². The van der Waals surface area contributed by atoms with Crippen molar-refractivity contribution < 1.29 is 0 Å². The van der Waals surface area contributed by atoms with Gasteiger partial charge in [-0.3, -0.25) is 4.98 Å². The summed E-state index contributed by atoms with van der Waals surface area (Å²) in [6.45, 7) is 7.51. The first kappa shape index (κ1) is 16.2. The average Bonchev–Trinajstić information content (AvgIpc) is 2.43. The van der Waals surface area contributed by atoms with Crippen LogP contribution in [0.25, 0.3) is 0 Å². The molecule has 3 heteroatoms. The molecule has 0 aliphatic heterocycles. The largest absolute Gasteiger partial charge is 0.314 e. The Morgan fingerprint density at radius 3 is 2.67 bits per heavy atom. The Labute approximate surface area is 136 Å². The third-order valence-corrected chi connectivity index (χ3v) is 3.96. The minimum atomic E-state index is 0.461. The van der Waals surface area contributed by atoms with E-state index < -0.39 is 0 Å². The second-order valence-electron chi connectivity index (χ2n) is 5.89. The van der Waals surface area contributed by atoms with E-state index in [-0.39, 0.29) is 0 Å². The van der Waals surface area contributed by atoms with Crippen molar-refractivity contribution in [3.63, 3.8) is 0 Å². The highest BCUT2D eigenvalue weighted by atomic mass is 79.9. The van der Waals surface area contributed by atoms with Crippen LogP contribution >= 0.6 is 15.9 Å². The third-order valence-electron chi connectivity index (χ3n) is 3.53. The lowest BCUT2D eigenvalue weighted by Crippen LogP contribution is -2.29. The summed E-state index contributed by atoms with van der Waals surface area (Å²) < 4.78 is 1.04. The predicted octanol–water partition coefficient (Wildman–Crippen LogP) is 4.48. The Balaban J connectivity index is 2.19. The molecule has 0 aliphatic rings. The van der Waals surface area contributed by atoms with E-state index in [0.717, 1.165) is 17.4 Å². The molecule has 0 spiro atoms. The molecule has 2 aromatic rings. The molecule has 0 bridgehead atoms. The number of benzene rings is 1. The zero-order valence-electron chi connectivity index (χ0n) is 12.9. The Morgan fingerprint density at radius 2 is 2.00 bits per heavy atom. The first-order valence-electron chi connectivity index (χ1n) is 7.44. The molecule has 1 atom stereocenters. The van der Waals surface area contributed by atoms with Crippen molar-refractivity contribution in [2.24, 2.45) is 0 Å². The van der Waals surface area contributed by atoms with Crippen LogP contribution in [0.1, 0.15) is 36.5 Å². The lowest BCUT2D eigenvalue weighted by Gasteiger charge is -2.20. The maximum atomic E-state index is 4.28. The Kier molecular flexibility index (Phi) is 5.95. The molecule has 0 saturated heterocycles. The molecular weight excluding hydrogens is 324 g/mol. The first-order valence-corrected chi connectivity index (χ1v) is 8.23. The van der Waals surface area contributed by atoms with Gasteiger partial charge in [-0.2, -0.15) is 0 Å². The van der Waals surface area contributed by atoms with Crippen molar-refractivity contribution in [2.45, 2.75) is 39.2 Å². The van der Waals surface area contributed by atoms with E-state index >= 15 is 0 Å². The number of nitrogens with one attached hydrogen (secondary N) is 1. The number of nitrogens with zero attached hydrogens (tertiary/aromatic N) is 1. The Bertz CT molecular complexity index is 581. The van der Waals surface area contributed by atoms with E-state index in [1.54, 1.807) is 0 Å². The minimum absolute atomic E-state index is 0.461. The maximum Gasteiger partial charge on any atom is 0.0410 e. The highest BCUT2D eigenvalue weighted by Crippen LogP contribution is 2.22. The summed E-state index contributed by atoms with van der Waals surface area (Å²) in [5.74, 6) is 0.461. The second kappa shape index (κ2) is 7.71. The van der Waals surface area contributed by atoms with Crippen LogP contribution in [0.15, 0.2) is 47.2 Å². The van der Waals surface area contributed by atoms with E-state index in [1.807, 2.05) is 12.4 Å². The van der Waals surface area contributed by atoms with Crippen molar-refractivity contribution in [3.8, 4) is 0 Å². The van der Waals surface area contributed by atoms with Gasteiger partial charge in [0, 0.05) is 35.4 Å². The molecule has 1 N–H and O–H groups in total. The van der Waals surface area contributed by atoms with Gasteiger partial charge in [0.25, 0.3) is 0 Å². The third kappa shape index (κ3) is 5.25. The van der Waals surface area contributed by atoms with Crippen molar-refractivity contribution >= 4 is 15.9 Å². The summed E-state index contributed by atoms with van der Waals surface area (Å²) in [5.41, 5.74) is 3.97. The molecule has 2 rings (SSSR count). The van der Waals surface area contributed by atoms with Crippen molar-refractivity contribution in [1.82, 2.24) is 10.3 Å². The molecule has 1 unspecified atom stereocenters. The predicted molar refractivity (Wildman–Crippen MR) is 92.7 cm³/mol. The summed E-state index contributed by atoms with van der Waals surface area (Å²) in [6.07, 6.45) is 4.79. The second-order valence-corrected chi connectivity index (χ2v) is 6.81. The molecule has 21 heavy (non-hydrogen) atoms. The molecule has 2 nitrogen and oxygen atoms in total. The van der Waals surface area contributed by atoms with Gasteiger partial charge in [-0.1, -0.05) is 43.7 Å². The molecule has 0 radical (unpaired) electrons. The normalized spacial score (nSPS) is 12.6. The maximum absolute atomic E-state index is 4.28. The molecule has 1 aromatic heterocycles. The number of aryl methyl sites for hydroxylation is 1. The molecule has 1 aromatic carbocycles. The lowest BCUT2D eigenvalue weighted by atomic mass is 9.91. The summed E-state index contributed by atoms with van der Waals surface area (Å²) in [7, 11) is 0. The quantitative estimate of drug-likeness (QED) is 0.834. The number of halogens is 1. The van der Waals surface area contributed by atoms with Gasteiger partial charge < -0.3 is 5.32 Å². The molecular formula is C18H23BrN2. The molecule has 0 fully saturated rings. The molecule has 0 amide bonds. The van der Waals surface area contributed by atoms with Crippen LogP contribution in [0, 0.1) is 6.92 Å². The van der Waals surface area contributed by atoms with Gasteiger partial charge in [0.1, 0.15) is 0 Å². The summed E-state index contributed by atoms with van der Waals surface area (Å²) >= 11 is 3.50. The van der Waals surface area contributed by atoms with Crippen LogP contribution < -0.4 is 5.32 Å². The first-order chi connectivity index (χ1) is 10.0. The Morgan fingerprint density at radius 1 is 1.19 bits per heavy atom. The molecule has 1 heterocycles. The molecule has 0 aliphatic carbocycles. The van der Waals surface area contributed by atoms with E-state index in [2.05, 4.69) is 77.3 Å². The molecule has 112 valence electrons. The van der Waals surface area contributed by atoms with Gasteiger partial charge in [-0.05, 0) is 46.5 Å². The van der Waals surface area contributed by atoms with Crippen LogP contribution in [0.2, 0.25) is 0 Å². The van der Waals surface area contributed by atoms with Crippen LogP contribution in [0.5, 0.6) is 0 Å². The van der Waals surface area contributed by atoms with E-state index in [0.29, 0.717) is 12.0 Å². The van der Waals surface area contributed by atoms with Gasteiger partial charge in [0.05, 0.1) is 0 Å². The van der Waals surface area contributed by atoms with Crippen LogP contribution in [0.4, 0.5) is 0 Å². The van der Waals surface area contributed by atoms with Gasteiger partial charge in [-0.25, -0.2) is 0 Å². The Hall–Kier alpha value is -1.19. The van der Waals surface area contributed by atoms with Gasteiger partial charge in [0.2, 0.25) is 0 Å². The number of aromatic nitrogens is 1. The van der Waals surface area contributed by atoms with E-state index in [1.165, 1.54) is 16.7 Å². The standard InChI is InChI=1S/C18H23BrN2/c1-13(2)21-11-17(16-6-4-5-14(3)7-16)8-15-9-18(19)12-20-10-15/h4-7,9-10,12-13,17,21H,8,11H2,1-3H3. The lowest BCUT2D eigenvalue weighted by molar-refractivity contribution is 0.526. The molecule has 0 saturated carbocycles. The fourth-order valence-corrected chi connectivity index (χ4v) is 2.87. The highest BCUT2D eigenvalue weighted by Gasteiger charge is 2.13. The van der Waals surface area contributed by atoms with Gasteiger partial charge >= 0.3 is 0 Å². The summed E-state index contributed by atoms with van der Waals surface area (Å²) in [6, 6.07) is 11.5. The van der Waals surface area contributed by atoms with E-state index in [9.17, 15) is 0 Å². The van der Waals surface area contributed by atoms with Gasteiger partial charge in [0.15, 0.2) is 0 Å². The SMILES string of the molecule is Cc1cccc(C(CNC(C)C)Cc2cncc(Br)c2)c1. The topological polar surface area (TPSA) is 24.9 Å².